The summed E-state index contributed by atoms with van der Waals surface area (Å²) in [4.78, 5) is 49.9. The van der Waals surface area contributed by atoms with Crippen molar-refractivity contribution in [3.63, 3.8) is 0 Å². The fourth-order valence-electron chi connectivity index (χ4n) is 2.94. The van der Waals surface area contributed by atoms with Gasteiger partial charge in [0.2, 0.25) is 11.8 Å². The van der Waals surface area contributed by atoms with Gasteiger partial charge < -0.3 is 10.4 Å². The quantitative estimate of drug-likeness (QED) is 0.798. The SMILES string of the molecule is Cc1ccc(C(=O)O)c(NC(=O)CC2SC(=O)N(c3ccccc3C)C2=O)c1. The van der Waals surface area contributed by atoms with Crippen LogP contribution in [-0.4, -0.2) is 33.4 Å². The highest BCUT2D eigenvalue weighted by atomic mass is 32.2. The number of anilines is 2. The van der Waals surface area contributed by atoms with E-state index in [-0.39, 0.29) is 17.7 Å². The van der Waals surface area contributed by atoms with Gasteiger partial charge in [-0.2, -0.15) is 0 Å². The number of para-hydroxylation sites is 1. The van der Waals surface area contributed by atoms with Crippen LogP contribution in [0.1, 0.15) is 27.9 Å². The summed E-state index contributed by atoms with van der Waals surface area (Å²) in [5.74, 6) is -2.15. The number of amides is 3. The Kier molecular flexibility index (Phi) is 5.51. The van der Waals surface area contributed by atoms with Crippen molar-refractivity contribution in [3.8, 4) is 0 Å². The number of hydrogen-bond acceptors (Lipinski definition) is 5. The van der Waals surface area contributed by atoms with Crippen LogP contribution in [0.4, 0.5) is 16.2 Å². The van der Waals surface area contributed by atoms with E-state index in [0.29, 0.717) is 5.69 Å². The minimum Gasteiger partial charge on any atom is -0.478 e. The second-order valence-corrected chi connectivity index (χ2v) is 7.59. The number of benzene rings is 2. The summed E-state index contributed by atoms with van der Waals surface area (Å²) in [6.07, 6.45) is -0.232. The second-order valence-electron chi connectivity index (χ2n) is 6.44. The highest BCUT2D eigenvalue weighted by molar-refractivity contribution is 8.15. The predicted molar refractivity (Wildman–Crippen MR) is 107 cm³/mol. The van der Waals surface area contributed by atoms with Crippen LogP contribution >= 0.6 is 11.8 Å². The van der Waals surface area contributed by atoms with Crippen LogP contribution in [0.3, 0.4) is 0 Å². The van der Waals surface area contributed by atoms with Gasteiger partial charge in [-0.25, -0.2) is 9.69 Å². The molecule has 0 radical (unpaired) electrons. The molecule has 8 heteroatoms. The third-order valence-corrected chi connectivity index (χ3v) is 5.37. The standard InChI is InChI=1S/C20H18N2O5S/c1-11-7-8-13(19(25)26)14(9-11)21-17(23)10-16-18(24)22(20(27)28-16)15-6-4-3-5-12(15)2/h3-9,16H,10H2,1-2H3,(H,21,23)(H,25,26). The van der Waals surface area contributed by atoms with Gasteiger partial charge >= 0.3 is 5.97 Å². The number of thioether (sulfide) groups is 1. The predicted octanol–water partition coefficient (Wildman–Crippen LogP) is 3.60. The Balaban J connectivity index is 1.75. The van der Waals surface area contributed by atoms with Crippen LogP contribution in [0.15, 0.2) is 42.5 Å². The minimum absolute atomic E-state index is 0.0398. The Morgan fingerprint density at radius 2 is 1.86 bits per heavy atom. The van der Waals surface area contributed by atoms with Crippen LogP contribution in [0.25, 0.3) is 0 Å². The Morgan fingerprint density at radius 1 is 1.14 bits per heavy atom. The van der Waals surface area contributed by atoms with Crippen molar-refractivity contribution in [1.82, 2.24) is 0 Å². The lowest BCUT2D eigenvalue weighted by molar-refractivity contribution is -0.121. The first-order valence-corrected chi connectivity index (χ1v) is 9.40. The Bertz CT molecular complexity index is 988. The smallest absolute Gasteiger partial charge is 0.337 e. The lowest BCUT2D eigenvalue weighted by atomic mass is 10.1. The molecule has 28 heavy (non-hydrogen) atoms. The van der Waals surface area contributed by atoms with Gasteiger partial charge in [0.05, 0.1) is 16.9 Å². The van der Waals surface area contributed by atoms with Crippen molar-refractivity contribution in [1.29, 1.82) is 0 Å². The van der Waals surface area contributed by atoms with E-state index in [9.17, 15) is 24.3 Å². The zero-order valence-electron chi connectivity index (χ0n) is 15.3. The van der Waals surface area contributed by atoms with Crippen molar-refractivity contribution in [2.24, 2.45) is 0 Å². The summed E-state index contributed by atoms with van der Waals surface area (Å²) in [5, 5.41) is 10.5. The molecule has 144 valence electrons. The van der Waals surface area contributed by atoms with E-state index in [1.54, 1.807) is 44.2 Å². The molecule has 0 bridgehead atoms. The molecule has 1 heterocycles. The van der Waals surface area contributed by atoms with Crippen molar-refractivity contribution < 1.29 is 24.3 Å². The molecule has 2 aromatic rings. The Labute approximate surface area is 165 Å². The van der Waals surface area contributed by atoms with Gasteiger partial charge in [0.1, 0.15) is 5.25 Å². The largest absolute Gasteiger partial charge is 0.478 e. The van der Waals surface area contributed by atoms with E-state index in [4.69, 9.17) is 0 Å². The summed E-state index contributed by atoms with van der Waals surface area (Å²) in [6.45, 7) is 3.57. The van der Waals surface area contributed by atoms with Crippen LogP contribution < -0.4 is 10.2 Å². The average molecular weight is 398 g/mol. The zero-order chi connectivity index (χ0) is 20.4. The zero-order valence-corrected chi connectivity index (χ0v) is 16.1. The van der Waals surface area contributed by atoms with E-state index in [2.05, 4.69) is 5.32 Å². The van der Waals surface area contributed by atoms with Gasteiger partial charge in [-0.3, -0.25) is 14.4 Å². The highest BCUT2D eigenvalue weighted by Crippen LogP contribution is 2.35. The summed E-state index contributed by atoms with van der Waals surface area (Å²) in [6, 6.07) is 11.6. The van der Waals surface area contributed by atoms with E-state index >= 15 is 0 Å². The molecule has 0 spiro atoms. The molecule has 1 aliphatic heterocycles. The molecule has 2 aromatic carbocycles. The molecule has 1 fully saturated rings. The van der Waals surface area contributed by atoms with E-state index < -0.39 is 28.3 Å². The van der Waals surface area contributed by atoms with E-state index in [0.717, 1.165) is 27.8 Å². The molecule has 1 aliphatic rings. The van der Waals surface area contributed by atoms with Crippen molar-refractivity contribution >= 4 is 46.2 Å². The number of hydrogen-bond donors (Lipinski definition) is 2. The third kappa shape index (κ3) is 3.91. The number of aromatic carboxylic acids is 1. The van der Waals surface area contributed by atoms with Gasteiger partial charge in [0, 0.05) is 6.42 Å². The molecule has 1 saturated heterocycles. The van der Waals surface area contributed by atoms with Crippen molar-refractivity contribution in [2.45, 2.75) is 25.5 Å². The number of carboxylic acid groups (broad SMARTS) is 1. The highest BCUT2D eigenvalue weighted by Gasteiger charge is 2.42. The lowest BCUT2D eigenvalue weighted by Gasteiger charge is -2.16. The van der Waals surface area contributed by atoms with Gasteiger partial charge in [-0.1, -0.05) is 24.3 Å². The van der Waals surface area contributed by atoms with Crippen molar-refractivity contribution in [2.75, 3.05) is 10.2 Å². The Morgan fingerprint density at radius 3 is 2.54 bits per heavy atom. The summed E-state index contributed by atoms with van der Waals surface area (Å²) >= 11 is 0.798. The second kappa shape index (κ2) is 7.85. The summed E-state index contributed by atoms with van der Waals surface area (Å²) in [5.41, 5.74) is 2.19. The first-order valence-electron chi connectivity index (χ1n) is 8.52. The first-order chi connectivity index (χ1) is 13.3. The first kappa shape index (κ1) is 19.6. The number of aryl methyl sites for hydroxylation is 2. The average Bonchev–Trinajstić information content (AvgIpc) is 2.89. The lowest BCUT2D eigenvalue weighted by Crippen LogP contribution is -2.33. The number of carboxylic acids is 1. The van der Waals surface area contributed by atoms with E-state index in [1.807, 2.05) is 6.07 Å². The van der Waals surface area contributed by atoms with Gasteiger partial charge in [-0.15, -0.1) is 0 Å². The molecule has 3 rings (SSSR count). The number of nitrogens with zero attached hydrogens (tertiary/aromatic N) is 1. The molecule has 2 N–H and O–H groups in total. The van der Waals surface area contributed by atoms with Crippen LogP contribution in [-0.2, 0) is 9.59 Å². The topological polar surface area (TPSA) is 104 Å². The molecule has 7 nitrogen and oxygen atoms in total. The normalized spacial score (nSPS) is 16.4. The molecule has 1 atom stereocenters. The number of rotatable bonds is 5. The number of nitrogens with one attached hydrogen (secondary N) is 1. The maximum atomic E-state index is 12.7. The maximum Gasteiger partial charge on any atom is 0.337 e. The molecule has 0 saturated carbocycles. The Hall–Kier alpha value is -3.13. The van der Waals surface area contributed by atoms with Crippen LogP contribution in [0.2, 0.25) is 0 Å². The van der Waals surface area contributed by atoms with Crippen molar-refractivity contribution in [3.05, 3.63) is 59.2 Å². The maximum absolute atomic E-state index is 12.7. The fraction of sp³-hybridized carbons (Fsp3) is 0.200. The summed E-state index contributed by atoms with van der Waals surface area (Å²) in [7, 11) is 0. The molecular weight excluding hydrogens is 380 g/mol. The van der Waals surface area contributed by atoms with E-state index in [1.165, 1.54) is 6.07 Å². The minimum atomic E-state index is -1.16. The van der Waals surface area contributed by atoms with Crippen LogP contribution in [0.5, 0.6) is 0 Å². The molecular formula is C20H18N2O5S. The molecule has 1 unspecified atom stereocenters. The number of carbonyl (C=O) groups is 4. The van der Waals surface area contributed by atoms with Gasteiger partial charge in [0.15, 0.2) is 0 Å². The van der Waals surface area contributed by atoms with Crippen LogP contribution in [0, 0.1) is 13.8 Å². The summed E-state index contributed by atoms with van der Waals surface area (Å²) < 4.78 is 0. The number of carbonyl (C=O) groups excluding carboxylic acids is 3. The third-order valence-electron chi connectivity index (χ3n) is 4.33. The van der Waals surface area contributed by atoms with Gasteiger partial charge in [-0.05, 0) is 54.9 Å². The monoisotopic (exact) mass is 398 g/mol. The molecule has 0 aliphatic carbocycles. The van der Waals surface area contributed by atoms with Gasteiger partial charge in [0.25, 0.3) is 5.24 Å². The molecule has 0 aromatic heterocycles. The molecule has 3 amide bonds. The number of imide groups is 1. The fourth-order valence-corrected chi connectivity index (χ4v) is 3.91.